The Morgan fingerprint density at radius 2 is 1.16 bits per heavy atom. The average Bonchev–Trinajstić information content (AvgIpc) is 3.01. The van der Waals surface area contributed by atoms with Gasteiger partial charge in [0.1, 0.15) is 65.7 Å². The quantitative estimate of drug-likeness (QED) is 0.124. The molecule has 3 heterocycles. The summed E-state index contributed by atoms with van der Waals surface area (Å²) >= 11 is 0. The monoisotopic (exact) mass is 626 g/mol. The number of aliphatic hydroxyl groups excluding tert-OH is 8. The number of phenolic OH excluding ortho intramolecular Hbond substituents is 3. The molecule has 0 spiro atoms. The number of aromatic hydroxyl groups is 3. The second kappa shape index (κ2) is 12.3. The fourth-order valence-corrected chi connectivity index (χ4v) is 4.86. The van der Waals surface area contributed by atoms with Crippen molar-refractivity contribution in [2.24, 2.45) is 0 Å². The fourth-order valence-electron chi connectivity index (χ4n) is 4.86. The maximum Gasteiger partial charge on any atom is 0.229 e. The van der Waals surface area contributed by atoms with Crippen LogP contribution in [0.5, 0.6) is 28.7 Å². The molecule has 2 aliphatic rings. The highest BCUT2D eigenvalue weighted by molar-refractivity contribution is 5.95. The molecule has 0 saturated carbocycles. The van der Waals surface area contributed by atoms with Gasteiger partial charge in [-0.05, 0) is 24.3 Å². The molecule has 240 valence electrons. The topological polar surface area (TPSA) is 290 Å². The molecule has 44 heavy (non-hydrogen) atoms. The van der Waals surface area contributed by atoms with Gasteiger partial charge >= 0.3 is 0 Å². The first-order valence-corrected chi connectivity index (χ1v) is 13.2. The first kappa shape index (κ1) is 31.7. The lowest BCUT2D eigenvalue weighted by molar-refractivity contribution is -0.279. The Bertz CT molecular complexity index is 1540. The molecule has 17 heteroatoms. The summed E-state index contributed by atoms with van der Waals surface area (Å²) in [5.41, 5.74) is -1.33. The summed E-state index contributed by atoms with van der Waals surface area (Å²) in [6, 6.07) is 6.29. The number of hydrogen-bond donors (Lipinski definition) is 11. The van der Waals surface area contributed by atoms with E-state index in [2.05, 4.69) is 0 Å². The summed E-state index contributed by atoms with van der Waals surface area (Å²) < 4.78 is 27.5. The largest absolute Gasteiger partial charge is 0.508 e. The molecule has 10 atom stereocenters. The van der Waals surface area contributed by atoms with Crippen LogP contribution in [-0.4, -0.2) is 131 Å². The van der Waals surface area contributed by atoms with Gasteiger partial charge in [0.25, 0.3) is 0 Å². The van der Waals surface area contributed by atoms with Gasteiger partial charge in [-0.25, -0.2) is 0 Å². The molecule has 17 nitrogen and oxygen atoms in total. The van der Waals surface area contributed by atoms with E-state index in [0.717, 1.165) is 6.07 Å². The molecule has 11 N–H and O–H groups in total. The third-order valence-electron chi connectivity index (χ3n) is 7.35. The van der Waals surface area contributed by atoms with Crippen molar-refractivity contribution in [1.82, 2.24) is 0 Å². The summed E-state index contributed by atoms with van der Waals surface area (Å²) in [6.07, 6.45) is -18.2. The van der Waals surface area contributed by atoms with Crippen LogP contribution in [0.1, 0.15) is 0 Å². The van der Waals surface area contributed by atoms with Gasteiger partial charge in [-0.15, -0.1) is 0 Å². The summed E-state index contributed by atoms with van der Waals surface area (Å²) in [4.78, 5) is 13.3. The molecular weight excluding hydrogens is 596 g/mol. The Morgan fingerprint density at radius 3 is 1.66 bits per heavy atom. The molecule has 1 aromatic heterocycles. The van der Waals surface area contributed by atoms with Crippen LogP contribution in [0.3, 0.4) is 0 Å². The van der Waals surface area contributed by atoms with Crippen molar-refractivity contribution in [2.75, 3.05) is 13.2 Å². The highest BCUT2D eigenvalue weighted by Gasteiger charge is 2.47. The maximum atomic E-state index is 13.3. The second-order valence-electron chi connectivity index (χ2n) is 10.2. The molecule has 3 aromatic rings. The molecule has 0 aliphatic carbocycles. The minimum atomic E-state index is -2.01. The molecule has 2 aliphatic heterocycles. The van der Waals surface area contributed by atoms with Crippen LogP contribution in [0.2, 0.25) is 0 Å². The van der Waals surface area contributed by atoms with Crippen LogP contribution in [0.25, 0.3) is 22.3 Å². The van der Waals surface area contributed by atoms with Crippen LogP contribution < -0.4 is 14.9 Å². The third kappa shape index (κ3) is 5.50. The molecule has 0 bridgehead atoms. The zero-order valence-electron chi connectivity index (χ0n) is 22.4. The van der Waals surface area contributed by atoms with E-state index in [1.807, 2.05) is 0 Å². The van der Waals surface area contributed by atoms with E-state index < -0.39 is 114 Å². The van der Waals surface area contributed by atoms with E-state index in [1.165, 1.54) is 24.3 Å². The predicted molar refractivity (Wildman–Crippen MR) is 142 cm³/mol. The van der Waals surface area contributed by atoms with E-state index in [1.54, 1.807) is 0 Å². The van der Waals surface area contributed by atoms with Gasteiger partial charge in [0, 0.05) is 11.6 Å². The summed E-state index contributed by atoms with van der Waals surface area (Å²) in [6.45, 7) is -1.67. The lowest BCUT2D eigenvalue weighted by Gasteiger charge is -2.40. The number of fused-ring (bicyclic) bond motifs is 1. The summed E-state index contributed by atoms with van der Waals surface area (Å²) in [5, 5.41) is 112. The van der Waals surface area contributed by atoms with E-state index in [0.29, 0.717) is 0 Å². The molecular formula is C27H30O17. The van der Waals surface area contributed by atoms with Gasteiger partial charge in [0.05, 0.1) is 13.2 Å². The third-order valence-corrected chi connectivity index (χ3v) is 7.35. The first-order chi connectivity index (χ1) is 20.9. The number of ether oxygens (including phenoxy) is 4. The summed E-state index contributed by atoms with van der Waals surface area (Å²) in [5.74, 6) is -4.28. The van der Waals surface area contributed by atoms with Gasteiger partial charge in [-0.2, -0.15) is 0 Å². The van der Waals surface area contributed by atoms with Crippen molar-refractivity contribution in [3.05, 3.63) is 40.6 Å². The number of phenols is 3. The van der Waals surface area contributed by atoms with Crippen molar-refractivity contribution < 1.29 is 79.5 Å². The van der Waals surface area contributed by atoms with Gasteiger partial charge in [-0.3, -0.25) is 4.79 Å². The Labute approximate surface area is 246 Å². The Kier molecular flexibility index (Phi) is 8.87. The maximum absolute atomic E-state index is 13.3. The van der Waals surface area contributed by atoms with Gasteiger partial charge in [0.15, 0.2) is 16.8 Å². The number of hydrogen-bond acceptors (Lipinski definition) is 17. The molecule has 0 unspecified atom stereocenters. The van der Waals surface area contributed by atoms with Crippen molar-refractivity contribution in [3.63, 3.8) is 0 Å². The zero-order chi connectivity index (χ0) is 32.0. The molecule has 2 fully saturated rings. The smallest absolute Gasteiger partial charge is 0.229 e. The molecule has 0 amide bonds. The lowest BCUT2D eigenvalue weighted by atomic mass is 9.99. The predicted octanol–water partition coefficient (Wildman–Crippen LogP) is -3.07. The van der Waals surface area contributed by atoms with E-state index in [-0.39, 0.29) is 17.1 Å². The van der Waals surface area contributed by atoms with E-state index >= 15 is 0 Å². The van der Waals surface area contributed by atoms with Crippen LogP contribution in [0.15, 0.2) is 39.5 Å². The molecule has 2 saturated heterocycles. The van der Waals surface area contributed by atoms with Gasteiger partial charge in [0.2, 0.25) is 29.8 Å². The average molecular weight is 627 g/mol. The van der Waals surface area contributed by atoms with Crippen molar-refractivity contribution in [2.45, 2.75) is 61.4 Å². The van der Waals surface area contributed by atoms with Crippen molar-refractivity contribution in [3.8, 4) is 40.1 Å². The number of benzene rings is 2. The number of aliphatic hydroxyl groups is 8. The molecule has 0 radical (unpaired) electrons. The SMILES string of the molecule is O=c1cc(-c2ccc(O)cc2)oc2c(O[C@@H]3O[C@H](CO)[C@H](O)[C@@H](O)[C@@H]3O)c(O)c(O[C@@H]3O[C@H](CO)[C@@H](O)[C@@H](O)[C@@H]3O)c(O)c12. The highest BCUT2D eigenvalue weighted by atomic mass is 16.7. The summed E-state index contributed by atoms with van der Waals surface area (Å²) in [7, 11) is 0. The Balaban J connectivity index is 1.67. The van der Waals surface area contributed by atoms with Gasteiger partial charge < -0.3 is 79.5 Å². The van der Waals surface area contributed by atoms with E-state index in [9.17, 15) is 61.0 Å². The first-order valence-electron chi connectivity index (χ1n) is 13.2. The Morgan fingerprint density at radius 1 is 0.659 bits per heavy atom. The number of rotatable bonds is 7. The van der Waals surface area contributed by atoms with E-state index in [4.69, 9.17) is 23.4 Å². The standard InChI is InChI=1S/C27H30O17/c28-6-12-15(32)18(35)20(37)26(41-12)43-24-17(34)14-10(31)5-11(8-1-3-9(30)4-2-8)40-23(14)25(22(24)39)44-27-21(38)19(36)16(33)13(7-29)42-27/h1-5,12-13,15-16,18-21,26-30,32-39H,6-7H2/t12-,13-,15-,16+,18-,19-,20+,21+,26+,27+/m1/s1. The van der Waals surface area contributed by atoms with Crippen LogP contribution in [0.4, 0.5) is 0 Å². The minimum Gasteiger partial charge on any atom is -0.508 e. The second-order valence-corrected chi connectivity index (χ2v) is 10.2. The zero-order valence-corrected chi connectivity index (χ0v) is 22.4. The normalized spacial score (nSPS) is 32.5. The van der Waals surface area contributed by atoms with Crippen LogP contribution >= 0.6 is 0 Å². The Hall–Kier alpha value is -3.75. The fraction of sp³-hybridized carbons (Fsp3) is 0.444. The van der Waals surface area contributed by atoms with Crippen LogP contribution in [-0.2, 0) is 9.47 Å². The van der Waals surface area contributed by atoms with Crippen LogP contribution in [0, 0.1) is 0 Å². The van der Waals surface area contributed by atoms with Gasteiger partial charge in [-0.1, -0.05) is 0 Å². The molecule has 2 aromatic carbocycles. The lowest BCUT2D eigenvalue weighted by Crippen LogP contribution is -2.60. The highest BCUT2D eigenvalue weighted by Crippen LogP contribution is 2.51. The minimum absolute atomic E-state index is 0.103. The van der Waals surface area contributed by atoms with Crippen molar-refractivity contribution >= 4 is 11.0 Å². The van der Waals surface area contributed by atoms with Crippen molar-refractivity contribution in [1.29, 1.82) is 0 Å². The molecule has 5 rings (SSSR count).